The second-order valence-corrected chi connectivity index (χ2v) is 4.51. The molecule has 0 bridgehead atoms. The molecule has 0 aromatic carbocycles. The van der Waals surface area contributed by atoms with Crippen LogP contribution in [0.4, 0.5) is 0 Å². The number of hydrogen-bond donors (Lipinski definition) is 2. The Morgan fingerprint density at radius 2 is 2.29 bits per heavy atom. The Balaban J connectivity index is 2.42. The fourth-order valence-corrected chi connectivity index (χ4v) is 1.74. The number of nitrogens with two attached hydrogens (primary N) is 2. The molecule has 0 spiro atoms. The summed E-state index contributed by atoms with van der Waals surface area (Å²) in [6.07, 6.45) is 0. The monoisotopic (exact) mass is 256 g/mol. The summed E-state index contributed by atoms with van der Waals surface area (Å²) >= 11 is 1.11. The molecular weight excluding hydrogens is 240 g/mol. The molecule has 0 atom stereocenters. The van der Waals surface area contributed by atoms with Gasteiger partial charge in [-0.05, 0) is 19.1 Å². The summed E-state index contributed by atoms with van der Waals surface area (Å²) in [5, 5.41) is 3.47. The minimum absolute atomic E-state index is 0.0596. The lowest BCUT2D eigenvalue weighted by atomic mass is 10.4. The van der Waals surface area contributed by atoms with Crippen molar-refractivity contribution in [1.29, 1.82) is 0 Å². The fourth-order valence-electron chi connectivity index (χ4n) is 1.18. The standard InChI is InChI=1S/C10H16N4O2S/c1-7-3-4-8(16-7)5-14(2)9(15)6-17-10(11)13-12/h3-4H,5-6,12H2,1-2H3,(H2,11,13). The van der Waals surface area contributed by atoms with E-state index in [0.29, 0.717) is 6.54 Å². The molecule has 0 unspecified atom stereocenters. The summed E-state index contributed by atoms with van der Waals surface area (Å²) < 4.78 is 5.38. The molecule has 1 heterocycles. The highest BCUT2D eigenvalue weighted by molar-refractivity contribution is 8.14. The number of hydrazone groups is 1. The molecule has 7 heteroatoms. The third-order valence-electron chi connectivity index (χ3n) is 2.09. The van der Waals surface area contributed by atoms with Crippen LogP contribution in [0.15, 0.2) is 21.7 Å². The van der Waals surface area contributed by atoms with Gasteiger partial charge in [0.05, 0.1) is 12.3 Å². The van der Waals surface area contributed by atoms with Gasteiger partial charge in [0.1, 0.15) is 11.5 Å². The van der Waals surface area contributed by atoms with Gasteiger partial charge in [-0.1, -0.05) is 11.8 Å². The second-order valence-electron chi connectivity index (χ2n) is 3.52. The fraction of sp³-hybridized carbons (Fsp3) is 0.400. The number of furan rings is 1. The summed E-state index contributed by atoms with van der Waals surface area (Å²) in [4.78, 5) is 13.3. The molecule has 1 aromatic rings. The van der Waals surface area contributed by atoms with E-state index in [1.165, 1.54) is 0 Å². The third kappa shape index (κ3) is 4.39. The topological polar surface area (TPSA) is 97.8 Å². The van der Waals surface area contributed by atoms with Crippen molar-refractivity contribution >= 4 is 22.8 Å². The molecule has 0 saturated carbocycles. The average molecular weight is 256 g/mol. The van der Waals surface area contributed by atoms with E-state index in [4.69, 9.17) is 16.0 Å². The van der Waals surface area contributed by atoms with E-state index in [9.17, 15) is 4.79 Å². The minimum atomic E-state index is -0.0596. The van der Waals surface area contributed by atoms with Crippen LogP contribution >= 0.6 is 11.8 Å². The van der Waals surface area contributed by atoms with Crippen LogP contribution in [0, 0.1) is 6.92 Å². The van der Waals surface area contributed by atoms with Gasteiger partial charge >= 0.3 is 0 Å². The van der Waals surface area contributed by atoms with E-state index in [2.05, 4.69) is 5.10 Å². The SMILES string of the molecule is Cc1ccc(CN(C)C(=O)CSC(N)=NN)o1. The maximum absolute atomic E-state index is 11.7. The van der Waals surface area contributed by atoms with Crippen molar-refractivity contribution in [2.75, 3.05) is 12.8 Å². The van der Waals surface area contributed by atoms with E-state index in [1.807, 2.05) is 19.1 Å². The lowest BCUT2D eigenvalue weighted by molar-refractivity contribution is -0.127. The summed E-state index contributed by atoms with van der Waals surface area (Å²) in [6, 6.07) is 3.71. The van der Waals surface area contributed by atoms with Crippen molar-refractivity contribution in [3.63, 3.8) is 0 Å². The molecule has 0 aliphatic heterocycles. The molecule has 0 radical (unpaired) electrons. The normalized spacial score (nSPS) is 11.5. The number of aryl methyl sites for hydroxylation is 1. The van der Waals surface area contributed by atoms with Crippen LogP contribution in [0.1, 0.15) is 11.5 Å². The quantitative estimate of drug-likeness (QED) is 0.353. The zero-order valence-electron chi connectivity index (χ0n) is 9.84. The molecule has 0 fully saturated rings. The van der Waals surface area contributed by atoms with Gasteiger partial charge in [0.25, 0.3) is 0 Å². The van der Waals surface area contributed by atoms with Crippen LogP contribution in [-0.4, -0.2) is 28.8 Å². The number of carbonyl (C=O) groups is 1. The van der Waals surface area contributed by atoms with E-state index in [1.54, 1.807) is 11.9 Å². The first-order chi connectivity index (χ1) is 8.02. The predicted molar refractivity (Wildman–Crippen MR) is 68.2 cm³/mol. The number of hydrogen-bond acceptors (Lipinski definition) is 5. The molecule has 6 nitrogen and oxygen atoms in total. The highest BCUT2D eigenvalue weighted by Crippen LogP contribution is 2.10. The van der Waals surface area contributed by atoms with E-state index < -0.39 is 0 Å². The number of thioether (sulfide) groups is 1. The third-order valence-corrected chi connectivity index (χ3v) is 2.88. The Morgan fingerprint density at radius 1 is 1.59 bits per heavy atom. The summed E-state index contributed by atoms with van der Waals surface area (Å²) in [5.74, 6) is 6.70. The molecule has 1 rings (SSSR count). The van der Waals surface area contributed by atoms with Crippen LogP contribution in [0.2, 0.25) is 0 Å². The molecule has 0 saturated heterocycles. The highest BCUT2D eigenvalue weighted by Gasteiger charge is 2.11. The smallest absolute Gasteiger partial charge is 0.233 e. The van der Waals surface area contributed by atoms with Crippen LogP contribution in [0.25, 0.3) is 0 Å². The van der Waals surface area contributed by atoms with Crippen molar-refractivity contribution in [3.05, 3.63) is 23.7 Å². The first-order valence-electron chi connectivity index (χ1n) is 4.98. The van der Waals surface area contributed by atoms with Crippen LogP contribution in [-0.2, 0) is 11.3 Å². The van der Waals surface area contributed by atoms with E-state index >= 15 is 0 Å². The number of rotatable bonds is 4. The number of carbonyl (C=O) groups excluding carboxylic acids is 1. The van der Waals surface area contributed by atoms with Crippen molar-refractivity contribution in [1.82, 2.24) is 4.90 Å². The van der Waals surface area contributed by atoms with Gasteiger partial charge in [0.2, 0.25) is 5.91 Å². The van der Waals surface area contributed by atoms with E-state index in [-0.39, 0.29) is 16.8 Å². The van der Waals surface area contributed by atoms with Gasteiger partial charge in [-0.3, -0.25) is 4.79 Å². The van der Waals surface area contributed by atoms with Gasteiger partial charge < -0.3 is 20.9 Å². The molecule has 0 aliphatic carbocycles. The molecule has 0 aliphatic rings. The van der Waals surface area contributed by atoms with Crippen molar-refractivity contribution in [2.45, 2.75) is 13.5 Å². The lowest BCUT2D eigenvalue weighted by Crippen LogP contribution is -2.28. The average Bonchev–Trinajstić information content (AvgIpc) is 2.70. The Morgan fingerprint density at radius 3 is 2.82 bits per heavy atom. The highest BCUT2D eigenvalue weighted by atomic mass is 32.2. The van der Waals surface area contributed by atoms with Crippen LogP contribution in [0.5, 0.6) is 0 Å². The number of nitrogens with zero attached hydrogens (tertiary/aromatic N) is 2. The van der Waals surface area contributed by atoms with Gasteiger partial charge in [0, 0.05) is 7.05 Å². The van der Waals surface area contributed by atoms with Gasteiger partial charge in [0.15, 0.2) is 5.17 Å². The number of amidine groups is 1. The summed E-state index contributed by atoms with van der Waals surface area (Å²) in [5.41, 5.74) is 5.38. The molecule has 94 valence electrons. The second kappa shape index (κ2) is 6.19. The molecule has 1 amide bonds. The molecule has 1 aromatic heterocycles. The van der Waals surface area contributed by atoms with Crippen molar-refractivity contribution in [2.24, 2.45) is 16.7 Å². The molecule has 17 heavy (non-hydrogen) atoms. The predicted octanol–water partition coefficient (Wildman–Crippen LogP) is 0.468. The Hall–Kier alpha value is -1.63. The van der Waals surface area contributed by atoms with Gasteiger partial charge in [-0.15, -0.1) is 0 Å². The maximum atomic E-state index is 11.7. The van der Waals surface area contributed by atoms with Gasteiger partial charge in [-0.25, -0.2) is 0 Å². The Bertz CT molecular complexity index is 416. The minimum Gasteiger partial charge on any atom is -0.464 e. The zero-order valence-corrected chi connectivity index (χ0v) is 10.7. The molecule has 4 N–H and O–H groups in total. The van der Waals surface area contributed by atoms with E-state index in [0.717, 1.165) is 23.3 Å². The molecular formula is C10H16N4O2S. The Labute approximate surface area is 104 Å². The van der Waals surface area contributed by atoms with Crippen LogP contribution < -0.4 is 11.6 Å². The van der Waals surface area contributed by atoms with Gasteiger partial charge in [-0.2, -0.15) is 5.10 Å². The summed E-state index contributed by atoms with van der Waals surface area (Å²) in [7, 11) is 1.70. The van der Waals surface area contributed by atoms with Crippen molar-refractivity contribution < 1.29 is 9.21 Å². The largest absolute Gasteiger partial charge is 0.464 e. The first kappa shape index (κ1) is 13.4. The number of amides is 1. The first-order valence-corrected chi connectivity index (χ1v) is 5.97. The van der Waals surface area contributed by atoms with Crippen molar-refractivity contribution in [3.8, 4) is 0 Å². The lowest BCUT2D eigenvalue weighted by Gasteiger charge is -2.15. The zero-order chi connectivity index (χ0) is 12.8. The Kier molecular flexibility index (Phi) is 4.89. The maximum Gasteiger partial charge on any atom is 0.233 e. The summed E-state index contributed by atoms with van der Waals surface area (Å²) in [6.45, 7) is 2.30. The van der Waals surface area contributed by atoms with Crippen LogP contribution in [0.3, 0.4) is 0 Å².